The van der Waals surface area contributed by atoms with Crippen LogP contribution in [0.3, 0.4) is 0 Å². The highest BCUT2D eigenvalue weighted by molar-refractivity contribution is 7.89. The minimum atomic E-state index is -4.12. The van der Waals surface area contributed by atoms with E-state index in [0.717, 1.165) is 0 Å². The van der Waals surface area contributed by atoms with Gasteiger partial charge in [-0.1, -0.05) is 18.2 Å². The molecule has 0 saturated carbocycles. The molecule has 1 aromatic rings. The van der Waals surface area contributed by atoms with Crippen molar-refractivity contribution in [2.75, 3.05) is 13.1 Å². The molecule has 0 aliphatic carbocycles. The van der Waals surface area contributed by atoms with Gasteiger partial charge < -0.3 is 5.11 Å². The van der Waals surface area contributed by atoms with Crippen molar-refractivity contribution < 1.29 is 28.3 Å². The van der Waals surface area contributed by atoms with Crippen LogP contribution in [0.25, 0.3) is 0 Å². The predicted octanol–water partition coefficient (Wildman–Crippen LogP) is -0.733. The minimum Gasteiger partial charge on any atom is -0.480 e. The van der Waals surface area contributed by atoms with Gasteiger partial charge in [-0.15, -0.1) is 0 Å². The average molecular weight is 288 g/mol. The van der Waals surface area contributed by atoms with E-state index in [1.165, 1.54) is 29.7 Å². The first-order valence-electron chi connectivity index (χ1n) is 5.08. The molecule has 0 heterocycles. The third kappa shape index (κ3) is 4.02. The van der Waals surface area contributed by atoms with Gasteiger partial charge in [0.2, 0.25) is 10.0 Å². The highest BCUT2D eigenvalue weighted by atomic mass is 32.2. The van der Waals surface area contributed by atoms with Gasteiger partial charge in [-0.2, -0.15) is 4.31 Å². The van der Waals surface area contributed by atoms with E-state index in [-0.39, 0.29) is 4.90 Å². The molecule has 0 unspecified atom stereocenters. The van der Waals surface area contributed by atoms with Crippen molar-refractivity contribution in [3.05, 3.63) is 30.3 Å². The van der Waals surface area contributed by atoms with Crippen LogP contribution in [0.2, 0.25) is 0 Å². The summed E-state index contributed by atoms with van der Waals surface area (Å²) in [6, 6.07) is 7.10. The van der Waals surface area contributed by atoms with E-state index < -0.39 is 35.0 Å². The van der Waals surface area contributed by atoms with E-state index in [0.29, 0.717) is 4.31 Å². The molecule has 9 heteroatoms. The lowest BCUT2D eigenvalue weighted by Gasteiger charge is -2.19. The number of aliphatic carboxylic acids is 1. The first-order chi connectivity index (χ1) is 8.87. The zero-order valence-electron chi connectivity index (χ0n) is 9.68. The molecule has 1 amide bonds. The predicted molar refractivity (Wildman–Crippen MR) is 62.8 cm³/mol. The van der Waals surface area contributed by atoms with Gasteiger partial charge in [0.25, 0.3) is 5.91 Å². The Morgan fingerprint density at radius 1 is 1.16 bits per heavy atom. The first kappa shape index (κ1) is 15.1. The number of hydrogen-bond donors (Lipinski definition) is 3. The monoisotopic (exact) mass is 288 g/mol. The quantitative estimate of drug-likeness (QED) is 0.468. The van der Waals surface area contributed by atoms with Crippen LogP contribution < -0.4 is 5.48 Å². The Labute approximate surface area is 109 Å². The first-order valence-corrected chi connectivity index (χ1v) is 6.52. The fraction of sp³-hybridized carbons (Fsp3) is 0.200. The molecule has 0 aliphatic heterocycles. The van der Waals surface area contributed by atoms with Crippen molar-refractivity contribution in [2.45, 2.75) is 4.90 Å². The SMILES string of the molecule is O=C(O)CN(CC(=O)NO)S(=O)(=O)c1ccccc1. The molecule has 0 saturated heterocycles. The Kier molecular flexibility index (Phi) is 4.98. The van der Waals surface area contributed by atoms with Crippen molar-refractivity contribution in [3.8, 4) is 0 Å². The van der Waals surface area contributed by atoms with Gasteiger partial charge in [-0.25, -0.2) is 13.9 Å². The lowest BCUT2D eigenvalue weighted by molar-refractivity contribution is -0.137. The number of benzene rings is 1. The van der Waals surface area contributed by atoms with Crippen LogP contribution in [0.5, 0.6) is 0 Å². The summed E-state index contributed by atoms with van der Waals surface area (Å²) in [6.45, 7) is -1.68. The van der Waals surface area contributed by atoms with E-state index >= 15 is 0 Å². The van der Waals surface area contributed by atoms with Crippen LogP contribution in [-0.2, 0) is 19.6 Å². The maximum Gasteiger partial charge on any atom is 0.318 e. The Morgan fingerprint density at radius 3 is 2.21 bits per heavy atom. The summed E-state index contributed by atoms with van der Waals surface area (Å²) >= 11 is 0. The van der Waals surface area contributed by atoms with Gasteiger partial charge in [0, 0.05) is 0 Å². The average Bonchev–Trinajstić information content (AvgIpc) is 2.38. The number of sulfonamides is 1. The summed E-state index contributed by atoms with van der Waals surface area (Å²) in [7, 11) is -4.12. The van der Waals surface area contributed by atoms with Gasteiger partial charge in [-0.3, -0.25) is 14.8 Å². The molecule has 0 radical (unpaired) electrons. The summed E-state index contributed by atoms with van der Waals surface area (Å²) in [4.78, 5) is 21.5. The lowest BCUT2D eigenvalue weighted by atomic mass is 10.4. The second-order valence-corrected chi connectivity index (χ2v) is 5.45. The zero-order valence-corrected chi connectivity index (χ0v) is 10.5. The molecule has 8 nitrogen and oxygen atoms in total. The normalized spacial score (nSPS) is 11.3. The molecule has 104 valence electrons. The fourth-order valence-electron chi connectivity index (χ4n) is 1.31. The molecule has 3 N–H and O–H groups in total. The van der Waals surface area contributed by atoms with Gasteiger partial charge in [0.15, 0.2) is 0 Å². The van der Waals surface area contributed by atoms with Crippen LogP contribution in [0, 0.1) is 0 Å². The lowest BCUT2D eigenvalue weighted by Crippen LogP contribution is -2.42. The Hall–Kier alpha value is -1.97. The number of carbonyl (C=O) groups is 2. The Morgan fingerprint density at radius 2 is 1.74 bits per heavy atom. The number of amides is 1. The van der Waals surface area contributed by atoms with Crippen LogP contribution in [-0.4, -0.2) is 48.0 Å². The second kappa shape index (κ2) is 6.27. The van der Waals surface area contributed by atoms with Gasteiger partial charge in [0.05, 0.1) is 11.4 Å². The van der Waals surface area contributed by atoms with Crippen molar-refractivity contribution in [1.82, 2.24) is 9.79 Å². The molecule has 1 rings (SSSR count). The van der Waals surface area contributed by atoms with Crippen LogP contribution in [0.15, 0.2) is 35.2 Å². The molecular weight excluding hydrogens is 276 g/mol. The van der Waals surface area contributed by atoms with Gasteiger partial charge in [0.1, 0.15) is 6.54 Å². The molecule has 1 aromatic carbocycles. The zero-order chi connectivity index (χ0) is 14.5. The summed E-state index contributed by atoms with van der Waals surface area (Å²) in [5.74, 6) is -2.44. The molecule has 0 bridgehead atoms. The van der Waals surface area contributed by atoms with E-state index in [4.69, 9.17) is 10.3 Å². The van der Waals surface area contributed by atoms with Crippen molar-refractivity contribution in [1.29, 1.82) is 0 Å². The number of nitrogens with zero attached hydrogens (tertiary/aromatic N) is 1. The third-order valence-corrected chi connectivity index (χ3v) is 3.94. The molecule has 0 aromatic heterocycles. The van der Waals surface area contributed by atoms with Crippen LogP contribution >= 0.6 is 0 Å². The van der Waals surface area contributed by atoms with Crippen molar-refractivity contribution in [3.63, 3.8) is 0 Å². The standard InChI is InChI=1S/C10H12N2O6S/c13-9(11-16)6-12(7-10(14)15)19(17,18)8-4-2-1-3-5-8/h1-5,16H,6-7H2,(H,11,13)(H,14,15). The number of hydrogen-bond acceptors (Lipinski definition) is 5. The maximum absolute atomic E-state index is 12.1. The second-order valence-electron chi connectivity index (χ2n) is 3.51. The smallest absolute Gasteiger partial charge is 0.318 e. The highest BCUT2D eigenvalue weighted by Crippen LogP contribution is 2.14. The topological polar surface area (TPSA) is 124 Å². The molecular formula is C10H12N2O6S. The summed E-state index contributed by atoms with van der Waals surface area (Å²) in [5, 5.41) is 17.1. The molecule has 0 aliphatic rings. The number of carboxylic acids is 1. The molecule has 0 fully saturated rings. The Bertz CT molecular complexity index is 557. The number of nitrogens with one attached hydrogen (secondary N) is 1. The molecule has 0 spiro atoms. The maximum atomic E-state index is 12.1. The Balaban J connectivity index is 3.09. The molecule has 19 heavy (non-hydrogen) atoms. The highest BCUT2D eigenvalue weighted by Gasteiger charge is 2.28. The largest absolute Gasteiger partial charge is 0.480 e. The summed E-state index contributed by atoms with van der Waals surface area (Å²) < 4.78 is 24.7. The minimum absolute atomic E-state index is 0.137. The van der Waals surface area contributed by atoms with Crippen LogP contribution in [0.4, 0.5) is 0 Å². The van der Waals surface area contributed by atoms with E-state index in [1.54, 1.807) is 6.07 Å². The summed E-state index contributed by atoms with van der Waals surface area (Å²) in [6.07, 6.45) is 0. The fourth-order valence-corrected chi connectivity index (χ4v) is 2.68. The summed E-state index contributed by atoms with van der Waals surface area (Å²) in [5.41, 5.74) is 1.25. The van der Waals surface area contributed by atoms with Crippen molar-refractivity contribution in [2.24, 2.45) is 0 Å². The number of rotatable bonds is 6. The van der Waals surface area contributed by atoms with Gasteiger partial charge >= 0.3 is 5.97 Å². The number of carbonyl (C=O) groups excluding carboxylic acids is 1. The third-order valence-electron chi connectivity index (χ3n) is 2.14. The number of hydroxylamine groups is 1. The molecule has 0 atom stereocenters. The van der Waals surface area contributed by atoms with E-state index in [9.17, 15) is 18.0 Å². The van der Waals surface area contributed by atoms with Crippen molar-refractivity contribution >= 4 is 21.9 Å². The van der Waals surface area contributed by atoms with E-state index in [2.05, 4.69) is 0 Å². The van der Waals surface area contributed by atoms with E-state index in [1.807, 2.05) is 0 Å². The van der Waals surface area contributed by atoms with Gasteiger partial charge in [-0.05, 0) is 12.1 Å². The van der Waals surface area contributed by atoms with Crippen LogP contribution in [0.1, 0.15) is 0 Å². The number of carboxylic acid groups (broad SMARTS) is 1.